The van der Waals surface area contributed by atoms with E-state index in [1.54, 1.807) is 0 Å². The maximum atomic E-state index is 10.4. The Balaban J connectivity index is 2.96. The molecule has 5 nitrogen and oxygen atoms in total. The number of carbonyl (C=O) groups is 1. The van der Waals surface area contributed by atoms with Gasteiger partial charge in [0.25, 0.3) is 0 Å². The fourth-order valence-corrected chi connectivity index (χ4v) is 1.06. The van der Waals surface area contributed by atoms with E-state index in [9.17, 15) is 4.79 Å². The summed E-state index contributed by atoms with van der Waals surface area (Å²) in [5, 5.41) is 3.26. The van der Waals surface area contributed by atoms with E-state index >= 15 is 0 Å². The number of primary amides is 1. The van der Waals surface area contributed by atoms with Crippen molar-refractivity contribution in [2.75, 3.05) is 46.9 Å². The molecule has 0 atom stereocenters. The van der Waals surface area contributed by atoms with Crippen molar-refractivity contribution in [2.24, 2.45) is 5.73 Å². The van der Waals surface area contributed by atoms with Crippen molar-refractivity contribution in [3.8, 4) is 0 Å². The summed E-state index contributed by atoms with van der Waals surface area (Å²) in [6, 6.07) is 0. The highest BCUT2D eigenvalue weighted by atomic mass is 16.5. The van der Waals surface area contributed by atoms with Gasteiger partial charge in [0.1, 0.15) is 0 Å². The van der Waals surface area contributed by atoms with Crippen molar-refractivity contribution in [1.29, 1.82) is 0 Å². The Hall–Kier alpha value is -0.650. The minimum absolute atomic E-state index is 0.306. The van der Waals surface area contributed by atoms with Gasteiger partial charge in [-0.1, -0.05) is 0 Å². The lowest BCUT2D eigenvalue weighted by Gasteiger charge is -2.09. The van der Waals surface area contributed by atoms with Gasteiger partial charge in [-0.15, -0.1) is 0 Å². The summed E-state index contributed by atoms with van der Waals surface area (Å²) in [7, 11) is 4.12. The van der Waals surface area contributed by atoms with Gasteiger partial charge in [0, 0.05) is 13.0 Å². The standard InChI is InChI=1S/C10H23N3O2/c1-13(2)7-3-5-12-6-9-15-8-4-10(11)14/h12H,3-9H2,1-2H3,(H2,11,14). The first-order chi connectivity index (χ1) is 7.13. The van der Waals surface area contributed by atoms with Crippen LogP contribution in [0.5, 0.6) is 0 Å². The van der Waals surface area contributed by atoms with Crippen LogP contribution in [0.3, 0.4) is 0 Å². The molecule has 0 aliphatic carbocycles. The monoisotopic (exact) mass is 217 g/mol. The molecule has 0 aromatic carbocycles. The molecule has 0 fully saturated rings. The van der Waals surface area contributed by atoms with Crippen molar-refractivity contribution in [1.82, 2.24) is 10.2 Å². The molecule has 0 radical (unpaired) electrons. The van der Waals surface area contributed by atoms with Gasteiger partial charge < -0.3 is 20.7 Å². The van der Waals surface area contributed by atoms with Crippen LogP contribution in [-0.2, 0) is 9.53 Å². The number of nitrogens with one attached hydrogen (secondary N) is 1. The number of ether oxygens (including phenoxy) is 1. The van der Waals surface area contributed by atoms with E-state index in [1.165, 1.54) is 0 Å². The molecule has 0 rings (SSSR count). The van der Waals surface area contributed by atoms with Crippen LogP contribution in [0, 0.1) is 0 Å². The number of hydrogen-bond donors (Lipinski definition) is 2. The van der Waals surface area contributed by atoms with Crippen LogP contribution in [-0.4, -0.2) is 57.8 Å². The van der Waals surface area contributed by atoms with E-state index in [4.69, 9.17) is 10.5 Å². The predicted octanol–water partition coefficient (Wildman–Crippen LogP) is -0.580. The Morgan fingerprint density at radius 2 is 2.07 bits per heavy atom. The van der Waals surface area contributed by atoms with Crippen molar-refractivity contribution in [2.45, 2.75) is 12.8 Å². The van der Waals surface area contributed by atoms with Crippen LogP contribution in [0.15, 0.2) is 0 Å². The van der Waals surface area contributed by atoms with Gasteiger partial charge in [-0.2, -0.15) is 0 Å². The zero-order chi connectivity index (χ0) is 11.5. The van der Waals surface area contributed by atoms with Gasteiger partial charge in [0.15, 0.2) is 0 Å². The predicted molar refractivity (Wildman–Crippen MR) is 60.7 cm³/mol. The maximum Gasteiger partial charge on any atom is 0.219 e. The molecular weight excluding hydrogens is 194 g/mol. The summed E-state index contributed by atoms with van der Waals surface area (Å²) >= 11 is 0. The first-order valence-corrected chi connectivity index (χ1v) is 5.34. The lowest BCUT2D eigenvalue weighted by molar-refractivity contribution is -0.119. The minimum atomic E-state index is -0.311. The van der Waals surface area contributed by atoms with Gasteiger partial charge >= 0.3 is 0 Å². The zero-order valence-electron chi connectivity index (χ0n) is 9.79. The summed E-state index contributed by atoms with van der Waals surface area (Å²) in [5.74, 6) is -0.311. The SMILES string of the molecule is CN(C)CCCNCCOCCC(N)=O. The van der Waals surface area contributed by atoms with Crippen molar-refractivity contribution >= 4 is 5.91 Å². The van der Waals surface area contributed by atoms with Gasteiger partial charge in [-0.3, -0.25) is 4.79 Å². The average molecular weight is 217 g/mol. The van der Waals surface area contributed by atoms with E-state index in [0.29, 0.717) is 19.6 Å². The molecule has 0 aliphatic rings. The number of nitrogens with two attached hydrogens (primary N) is 1. The second kappa shape index (κ2) is 9.89. The Bertz CT molecular complexity index is 163. The summed E-state index contributed by atoms with van der Waals surface area (Å²) in [6.45, 7) is 3.98. The summed E-state index contributed by atoms with van der Waals surface area (Å²) in [5.41, 5.74) is 4.96. The highest BCUT2D eigenvalue weighted by Crippen LogP contribution is 1.82. The Morgan fingerprint density at radius 3 is 2.67 bits per heavy atom. The van der Waals surface area contributed by atoms with Gasteiger partial charge in [-0.05, 0) is 33.6 Å². The number of nitrogens with zero attached hydrogens (tertiary/aromatic N) is 1. The Labute approximate surface area is 91.9 Å². The Morgan fingerprint density at radius 1 is 1.33 bits per heavy atom. The molecule has 5 heteroatoms. The highest BCUT2D eigenvalue weighted by Gasteiger charge is 1.94. The molecule has 90 valence electrons. The van der Waals surface area contributed by atoms with E-state index < -0.39 is 0 Å². The maximum absolute atomic E-state index is 10.4. The highest BCUT2D eigenvalue weighted by molar-refractivity contribution is 5.73. The molecule has 3 N–H and O–H groups in total. The lowest BCUT2D eigenvalue weighted by atomic mass is 10.4. The molecule has 15 heavy (non-hydrogen) atoms. The van der Waals surface area contributed by atoms with Crippen LogP contribution in [0.4, 0.5) is 0 Å². The van der Waals surface area contributed by atoms with Crippen LogP contribution in [0.2, 0.25) is 0 Å². The molecule has 0 aromatic rings. The van der Waals surface area contributed by atoms with Gasteiger partial charge in [0.05, 0.1) is 13.2 Å². The molecule has 0 aliphatic heterocycles. The lowest BCUT2D eigenvalue weighted by Crippen LogP contribution is -2.25. The number of hydrogen-bond acceptors (Lipinski definition) is 4. The smallest absolute Gasteiger partial charge is 0.219 e. The van der Waals surface area contributed by atoms with Crippen LogP contribution in [0.1, 0.15) is 12.8 Å². The quantitative estimate of drug-likeness (QED) is 0.480. The molecule has 0 unspecified atom stereocenters. The van der Waals surface area contributed by atoms with Crippen LogP contribution >= 0.6 is 0 Å². The molecule has 0 bridgehead atoms. The normalized spacial score (nSPS) is 10.9. The third kappa shape index (κ3) is 13.3. The molecule has 1 amide bonds. The van der Waals surface area contributed by atoms with Crippen molar-refractivity contribution in [3.63, 3.8) is 0 Å². The van der Waals surface area contributed by atoms with Crippen molar-refractivity contribution in [3.05, 3.63) is 0 Å². The number of carbonyl (C=O) groups excluding carboxylic acids is 1. The van der Waals surface area contributed by atoms with E-state index in [1.807, 2.05) is 0 Å². The first-order valence-electron chi connectivity index (χ1n) is 5.34. The average Bonchev–Trinajstić information content (AvgIpc) is 2.14. The third-order valence-corrected chi connectivity index (χ3v) is 1.87. The van der Waals surface area contributed by atoms with Gasteiger partial charge in [0.2, 0.25) is 5.91 Å². The zero-order valence-corrected chi connectivity index (χ0v) is 9.79. The molecule has 0 spiro atoms. The molecule has 0 heterocycles. The fourth-order valence-electron chi connectivity index (χ4n) is 1.06. The Kier molecular flexibility index (Phi) is 9.46. The van der Waals surface area contributed by atoms with Crippen LogP contribution in [0.25, 0.3) is 0 Å². The van der Waals surface area contributed by atoms with E-state index in [2.05, 4.69) is 24.3 Å². The first kappa shape index (κ1) is 14.3. The van der Waals surface area contributed by atoms with Crippen molar-refractivity contribution < 1.29 is 9.53 Å². The number of rotatable bonds is 10. The summed E-state index contributed by atoms with van der Waals surface area (Å²) in [6.07, 6.45) is 1.44. The minimum Gasteiger partial charge on any atom is -0.380 e. The molecule has 0 aromatic heterocycles. The van der Waals surface area contributed by atoms with E-state index in [-0.39, 0.29) is 5.91 Å². The van der Waals surface area contributed by atoms with Crippen LogP contribution < -0.4 is 11.1 Å². The molecular formula is C10H23N3O2. The largest absolute Gasteiger partial charge is 0.380 e. The molecule has 0 saturated carbocycles. The topological polar surface area (TPSA) is 67.6 Å². The summed E-state index contributed by atoms with van der Waals surface area (Å²) in [4.78, 5) is 12.5. The number of amides is 1. The summed E-state index contributed by atoms with van der Waals surface area (Å²) < 4.78 is 5.20. The third-order valence-electron chi connectivity index (χ3n) is 1.87. The second-order valence-electron chi connectivity index (χ2n) is 3.74. The second-order valence-corrected chi connectivity index (χ2v) is 3.74. The fraction of sp³-hybridized carbons (Fsp3) is 0.900. The molecule has 0 saturated heterocycles. The van der Waals surface area contributed by atoms with Gasteiger partial charge in [-0.25, -0.2) is 0 Å². The van der Waals surface area contributed by atoms with E-state index in [0.717, 1.165) is 26.1 Å².